The third-order valence-electron chi connectivity index (χ3n) is 4.87. The van der Waals surface area contributed by atoms with Crippen molar-refractivity contribution in [1.29, 1.82) is 0 Å². The van der Waals surface area contributed by atoms with Crippen LogP contribution in [0.4, 0.5) is 4.79 Å². The van der Waals surface area contributed by atoms with Crippen LogP contribution >= 0.6 is 0 Å². The van der Waals surface area contributed by atoms with Gasteiger partial charge in [-0.3, -0.25) is 4.79 Å². The number of piperazine rings is 1. The summed E-state index contributed by atoms with van der Waals surface area (Å²) < 4.78 is 0. The van der Waals surface area contributed by atoms with E-state index < -0.39 is 0 Å². The lowest BCUT2D eigenvalue weighted by Crippen LogP contribution is -2.54. The molecule has 2 aliphatic rings. The first-order valence-electron chi connectivity index (χ1n) is 8.67. The molecule has 0 spiro atoms. The largest absolute Gasteiger partial charge is 0.367 e. The second-order valence-corrected chi connectivity index (χ2v) is 6.55. The maximum atomic E-state index is 12.3. The summed E-state index contributed by atoms with van der Waals surface area (Å²) in [6, 6.07) is 2.30. The molecule has 3 rings (SSSR count). The van der Waals surface area contributed by atoms with E-state index in [1.807, 2.05) is 28.3 Å². The first-order valence-corrected chi connectivity index (χ1v) is 8.67. The second-order valence-electron chi connectivity index (χ2n) is 6.55. The summed E-state index contributed by atoms with van der Waals surface area (Å²) in [4.78, 5) is 31.2. The number of aromatic amines is 1. The van der Waals surface area contributed by atoms with E-state index in [1.165, 1.54) is 19.3 Å². The SMILES string of the molecule is O=C(Cc1cc[nH]c1)N1CCN(C(=O)NC2CCCCC2)CC1. The monoisotopic (exact) mass is 318 g/mol. The number of H-pyrrole nitrogens is 1. The van der Waals surface area contributed by atoms with Crippen molar-refractivity contribution in [1.82, 2.24) is 20.1 Å². The zero-order valence-corrected chi connectivity index (χ0v) is 13.6. The van der Waals surface area contributed by atoms with Gasteiger partial charge >= 0.3 is 6.03 Å². The third-order valence-corrected chi connectivity index (χ3v) is 4.87. The van der Waals surface area contributed by atoms with Crippen molar-refractivity contribution in [3.63, 3.8) is 0 Å². The van der Waals surface area contributed by atoms with Gasteiger partial charge in [0, 0.05) is 44.6 Å². The van der Waals surface area contributed by atoms with Gasteiger partial charge in [-0.1, -0.05) is 19.3 Å². The predicted octanol–water partition coefficient (Wildman–Crippen LogP) is 1.74. The molecule has 2 heterocycles. The van der Waals surface area contributed by atoms with Gasteiger partial charge in [0.15, 0.2) is 0 Å². The van der Waals surface area contributed by atoms with Gasteiger partial charge in [0.2, 0.25) is 5.91 Å². The summed E-state index contributed by atoms with van der Waals surface area (Å²) in [6.45, 7) is 2.50. The number of urea groups is 1. The fourth-order valence-corrected chi connectivity index (χ4v) is 3.43. The van der Waals surface area contributed by atoms with Crippen molar-refractivity contribution in [3.05, 3.63) is 24.0 Å². The molecule has 0 bridgehead atoms. The minimum atomic E-state index is 0.0367. The van der Waals surface area contributed by atoms with E-state index in [-0.39, 0.29) is 11.9 Å². The molecule has 2 N–H and O–H groups in total. The maximum Gasteiger partial charge on any atom is 0.317 e. The molecule has 1 aromatic rings. The van der Waals surface area contributed by atoms with Crippen molar-refractivity contribution in [2.75, 3.05) is 26.2 Å². The van der Waals surface area contributed by atoms with Crippen LogP contribution in [0.2, 0.25) is 0 Å². The lowest BCUT2D eigenvalue weighted by atomic mass is 9.96. The Morgan fingerprint density at radius 3 is 2.43 bits per heavy atom. The van der Waals surface area contributed by atoms with Crippen LogP contribution in [-0.4, -0.2) is 58.9 Å². The van der Waals surface area contributed by atoms with Crippen molar-refractivity contribution >= 4 is 11.9 Å². The molecule has 0 radical (unpaired) electrons. The Kier molecular flexibility index (Phi) is 5.20. The molecule has 1 aliphatic heterocycles. The van der Waals surface area contributed by atoms with Crippen LogP contribution in [-0.2, 0) is 11.2 Å². The fourth-order valence-electron chi connectivity index (χ4n) is 3.43. The number of carbonyl (C=O) groups excluding carboxylic acids is 2. The van der Waals surface area contributed by atoms with Crippen molar-refractivity contribution in [2.24, 2.45) is 0 Å². The van der Waals surface area contributed by atoms with Crippen molar-refractivity contribution in [2.45, 2.75) is 44.6 Å². The Morgan fingerprint density at radius 1 is 1.09 bits per heavy atom. The maximum absolute atomic E-state index is 12.3. The molecule has 0 aromatic carbocycles. The summed E-state index contributed by atoms with van der Waals surface area (Å²) in [5.41, 5.74) is 1.01. The Labute approximate surface area is 137 Å². The molecule has 6 nitrogen and oxygen atoms in total. The van der Waals surface area contributed by atoms with Gasteiger partial charge < -0.3 is 20.1 Å². The average Bonchev–Trinajstić information content (AvgIpc) is 3.09. The highest BCUT2D eigenvalue weighted by atomic mass is 16.2. The number of rotatable bonds is 3. The molecule has 3 amide bonds. The smallest absolute Gasteiger partial charge is 0.317 e. The summed E-state index contributed by atoms with van der Waals surface area (Å²) in [5, 5.41) is 3.15. The Morgan fingerprint density at radius 2 is 1.78 bits per heavy atom. The number of nitrogens with zero attached hydrogens (tertiary/aromatic N) is 2. The quantitative estimate of drug-likeness (QED) is 0.891. The lowest BCUT2D eigenvalue weighted by molar-refractivity contribution is -0.131. The Bertz CT molecular complexity index is 515. The number of aromatic nitrogens is 1. The molecule has 0 unspecified atom stereocenters. The molecule has 1 aromatic heterocycles. The van der Waals surface area contributed by atoms with Crippen LogP contribution in [0, 0.1) is 0 Å². The summed E-state index contributed by atoms with van der Waals surface area (Å²) in [6.07, 6.45) is 10.0. The van der Waals surface area contributed by atoms with E-state index in [2.05, 4.69) is 10.3 Å². The van der Waals surface area contributed by atoms with Crippen LogP contribution in [0.15, 0.2) is 18.5 Å². The molecular formula is C17H26N4O2. The highest BCUT2D eigenvalue weighted by Crippen LogP contribution is 2.17. The molecule has 1 aliphatic carbocycles. The predicted molar refractivity (Wildman–Crippen MR) is 88.1 cm³/mol. The number of carbonyl (C=O) groups is 2. The minimum Gasteiger partial charge on any atom is -0.367 e. The van der Waals surface area contributed by atoms with Gasteiger partial charge in [-0.15, -0.1) is 0 Å². The minimum absolute atomic E-state index is 0.0367. The number of nitrogens with one attached hydrogen (secondary N) is 2. The van der Waals surface area contributed by atoms with E-state index in [1.54, 1.807) is 0 Å². The van der Waals surface area contributed by atoms with Crippen LogP contribution in [0.3, 0.4) is 0 Å². The molecule has 6 heteroatoms. The molecule has 1 saturated heterocycles. The average molecular weight is 318 g/mol. The van der Waals surface area contributed by atoms with Crippen molar-refractivity contribution < 1.29 is 9.59 Å². The summed E-state index contributed by atoms with van der Waals surface area (Å²) in [5.74, 6) is 0.136. The molecule has 2 fully saturated rings. The normalized spacial score (nSPS) is 19.7. The molecule has 126 valence electrons. The van der Waals surface area contributed by atoms with Crippen LogP contribution < -0.4 is 5.32 Å². The molecular weight excluding hydrogens is 292 g/mol. The van der Waals surface area contributed by atoms with E-state index >= 15 is 0 Å². The van der Waals surface area contributed by atoms with Gasteiger partial charge in [0.05, 0.1) is 6.42 Å². The van der Waals surface area contributed by atoms with Crippen LogP contribution in [0.5, 0.6) is 0 Å². The fraction of sp³-hybridized carbons (Fsp3) is 0.647. The van der Waals surface area contributed by atoms with E-state index in [0.29, 0.717) is 38.6 Å². The van der Waals surface area contributed by atoms with E-state index in [0.717, 1.165) is 18.4 Å². The summed E-state index contributed by atoms with van der Waals surface area (Å²) in [7, 11) is 0. The molecule has 0 atom stereocenters. The van der Waals surface area contributed by atoms with Gasteiger partial charge in [0.1, 0.15) is 0 Å². The van der Waals surface area contributed by atoms with Gasteiger partial charge in [-0.25, -0.2) is 4.79 Å². The Balaban J connectivity index is 1.42. The highest BCUT2D eigenvalue weighted by molar-refractivity contribution is 5.79. The number of hydrogen-bond acceptors (Lipinski definition) is 2. The number of hydrogen-bond donors (Lipinski definition) is 2. The van der Waals surface area contributed by atoms with Gasteiger partial charge in [0.25, 0.3) is 0 Å². The first kappa shape index (κ1) is 15.9. The Hall–Kier alpha value is -1.98. The lowest BCUT2D eigenvalue weighted by Gasteiger charge is -2.36. The standard InChI is InChI=1S/C17H26N4O2/c22-16(12-14-6-7-18-13-14)20-8-10-21(11-9-20)17(23)19-15-4-2-1-3-5-15/h6-7,13,15,18H,1-5,8-12H2,(H,19,23). The molecule has 23 heavy (non-hydrogen) atoms. The third kappa shape index (κ3) is 4.27. The first-order chi connectivity index (χ1) is 11.2. The zero-order chi connectivity index (χ0) is 16.1. The van der Waals surface area contributed by atoms with Crippen molar-refractivity contribution in [3.8, 4) is 0 Å². The van der Waals surface area contributed by atoms with Gasteiger partial charge in [-0.05, 0) is 24.5 Å². The van der Waals surface area contributed by atoms with E-state index in [4.69, 9.17) is 0 Å². The molecule has 1 saturated carbocycles. The summed E-state index contributed by atoms with van der Waals surface area (Å²) >= 11 is 0. The zero-order valence-electron chi connectivity index (χ0n) is 13.6. The van der Waals surface area contributed by atoms with E-state index in [9.17, 15) is 9.59 Å². The van der Waals surface area contributed by atoms with Crippen LogP contribution in [0.1, 0.15) is 37.7 Å². The highest BCUT2D eigenvalue weighted by Gasteiger charge is 2.25. The second kappa shape index (κ2) is 7.53. The van der Waals surface area contributed by atoms with Crippen LogP contribution in [0.25, 0.3) is 0 Å². The number of amides is 3. The van der Waals surface area contributed by atoms with Gasteiger partial charge in [-0.2, -0.15) is 0 Å². The topological polar surface area (TPSA) is 68.4 Å².